The standard InChI is InChI=1S/C17H18N2OS/c1-12-10-14(11-18-16(12)21)15-8-5-9-19(15)17(20)13-6-3-2-4-7-13/h2-4,6-7,10-11,15H,5,8-9H2,1H3,(H,18,21)/t15-/m0/s1. The van der Waals surface area contributed by atoms with Crippen molar-refractivity contribution in [2.24, 2.45) is 0 Å². The van der Waals surface area contributed by atoms with Crippen LogP contribution in [-0.2, 0) is 0 Å². The lowest BCUT2D eigenvalue weighted by atomic mass is 10.0. The number of hydrogen-bond donors (Lipinski definition) is 1. The molecule has 0 aliphatic carbocycles. The van der Waals surface area contributed by atoms with Crippen molar-refractivity contribution in [3.63, 3.8) is 0 Å². The van der Waals surface area contributed by atoms with Crippen molar-refractivity contribution >= 4 is 18.1 Å². The lowest BCUT2D eigenvalue weighted by Crippen LogP contribution is -2.30. The molecule has 3 rings (SSSR count). The highest BCUT2D eigenvalue weighted by Crippen LogP contribution is 2.33. The van der Waals surface area contributed by atoms with Gasteiger partial charge in [-0.3, -0.25) is 4.79 Å². The van der Waals surface area contributed by atoms with Crippen molar-refractivity contribution in [3.8, 4) is 0 Å². The van der Waals surface area contributed by atoms with Gasteiger partial charge in [0, 0.05) is 18.3 Å². The molecular weight excluding hydrogens is 280 g/mol. The Bertz CT molecular complexity index is 708. The van der Waals surface area contributed by atoms with E-state index in [1.807, 2.05) is 48.4 Å². The lowest BCUT2D eigenvalue weighted by Gasteiger charge is -2.25. The van der Waals surface area contributed by atoms with E-state index in [1.54, 1.807) is 0 Å². The third-order valence-corrected chi connectivity index (χ3v) is 4.47. The highest BCUT2D eigenvalue weighted by Gasteiger charge is 2.30. The predicted molar refractivity (Wildman–Crippen MR) is 85.8 cm³/mol. The summed E-state index contributed by atoms with van der Waals surface area (Å²) in [5.74, 6) is 0.109. The number of carbonyl (C=O) groups excluding carboxylic acids is 1. The zero-order valence-electron chi connectivity index (χ0n) is 12.0. The number of amides is 1. The Hall–Kier alpha value is -1.94. The summed E-state index contributed by atoms with van der Waals surface area (Å²) < 4.78 is 0.762. The van der Waals surface area contributed by atoms with Crippen LogP contribution in [0.4, 0.5) is 0 Å². The van der Waals surface area contributed by atoms with Crippen LogP contribution in [0.3, 0.4) is 0 Å². The van der Waals surface area contributed by atoms with Crippen LogP contribution in [0.1, 0.15) is 40.4 Å². The molecule has 1 N–H and O–H groups in total. The Labute approximate surface area is 129 Å². The van der Waals surface area contributed by atoms with Crippen LogP contribution in [0.5, 0.6) is 0 Å². The Balaban J connectivity index is 1.90. The molecule has 0 radical (unpaired) electrons. The summed E-state index contributed by atoms with van der Waals surface area (Å²) in [6, 6.07) is 11.7. The molecule has 0 spiro atoms. The minimum Gasteiger partial charge on any atom is -0.352 e. The number of rotatable bonds is 2. The van der Waals surface area contributed by atoms with Crippen molar-refractivity contribution in [1.82, 2.24) is 9.88 Å². The monoisotopic (exact) mass is 298 g/mol. The van der Waals surface area contributed by atoms with Crippen LogP contribution in [-0.4, -0.2) is 22.3 Å². The van der Waals surface area contributed by atoms with Crippen molar-refractivity contribution in [1.29, 1.82) is 0 Å². The average molecular weight is 298 g/mol. The smallest absolute Gasteiger partial charge is 0.254 e. The number of pyridine rings is 1. The van der Waals surface area contributed by atoms with Gasteiger partial charge in [0.2, 0.25) is 0 Å². The van der Waals surface area contributed by atoms with Crippen molar-refractivity contribution in [2.45, 2.75) is 25.8 Å². The van der Waals surface area contributed by atoms with Crippen LogP contribution in [0, 0.1) is 11.6 Å². The van der Waals surface area contributed by atoms with Crippen molar-refractivity contribution in [3.05, 3.63) is 63.9 Å². The highest BCUT2D eigenvalue weighted by atomic mass is 32.1. The van der Waals surface area contributed by atoms with E-state index in [4.69, 9.17) is 12.2 Å². The first-order chi connectivity index (χ1) is 10.2. The number of benzene rings is 1. The van der Waals surface area contributed by atoms with Gasteiger partial charge in [-0.25, -0.2) is 0 Å². The second-order valence-corrected chi connectivity index (χ2v) is 5.88. The maximum Gasteiger partial charge on any atom is 0.254 e. The Morgan fingerprint density at radius 2 is 2.10 bits per heavy atom. The Kier molecular flexibility index (Phi) is 3.88. The second kappa shape index (κ2) is 5.82. The van der Waals surface area contributed by atoms with Gasteiger partial charge in [-0.05, 0) is 49.1 Å². The maximum atomic E-state index is 12.7. The molecule has 108 valence electrons. The van der Waals surface area contributed by atoms with Gasteiger partial charge in [0.1, 0.15) is 4.64 Å². The third-order valence-electron chi connectivity index (χ3n) is 4.03. The van der Waals surface area contributed by atoms with Gasteiger partial charge in [-0.1, -0.05) is 30.4 Å². The second-order valence-electron chi connectivity index (χ2n) is 5.47. The molecule has 3 nitrogen and oxygen atoms in total. The van der Waals surface area contributed by atoms with Crippen LogP contribution >= 0.6 is 12.2 Å². The van der Waals surface area contributed by atoms with Gasteiger partial charge < -0.3 is 9.88 Å². The number of aromatic nitrogens is 1. The first kappa shape index (κ1) is 14.0. The van der Waals surface area contributed by atoms with Gasteiger partial charge in [0.05, 0.1) is 6.04 Å². The number of likely N-dealkylation sites (tertiary alicyclic amines) is 1. The van der Waals surface area contributed by atoms with Crippen LogP contribution in [0.2, 0.25) is 0 Å². The fourth-order valence-electron chi connectivity index (χ4n) is 2.92. The summed E-state index contributed by atoms with van der Waals surface area (Å²) >= 11 is 5.21. The first-order valence-electron chi connectivity index (χ1n) is 7.22. The molecule has 1 amide bonds. The van der Waals surface area contributed by atoms with Gasteiger partial charge in [-0.15, -0.1) is 0 Å². The minimum atomic E-state index is 0.109. The number of nitrogens with zero attached hydrogens (tertiary/aromatic N) is 1. The molecule has 1 atom stereocenters. The third kappa shape index (κ3) is 2.76. The molecule has 1 aromatic heterocycles. The topological polar surface area (TPSA) is 36.1 Å². The number of carbonyl (C=O) groups is 1. The largest absolute Gasteiger partial charge is 0.352 e. The number of aryl methyl sites for hydroxylation is 1. The molecule has 1 aromatic carbocycles. The summed E-state index contributed by atoms with van der Waals surface area (Å²) in [6.45, 7) is 2.81. The maximum absolute atomic E-state index is 12.7. The first-order valence-corrected chi connectivity index (χ1v) is 7.63. The summed E-state index contributed by atoms with van der Waals surface area (Å²) in [5.41, 5.74) is 2.95. The molecule has 0 unspecified atom stereocenters. The quantitative estimate of drug-likeness (QED) is 0.850. The van der Waals surface area contributed by atoms with E-state index in [9.17, 15) is 4.79 Å². The van der Waals surface area contributed by atoms with Gasteiger partial charge in [0.25, 0.3) is 5.91 Å². The van der Waals surface area contributed by atoms with Crippen molar-refractivity contribution < 1.29 is 4.79 Å². The molecule has 0 bridgehead atoms. The van der Waals surface area contributed by atoms with Crippen molar-refractivity contribution in [2.75, 3.05) is 6.54 Å². The van der Waals surface area contributed by atoms with Gasteiger partial charge in [-0.2, -0.15) is 0 Å². The summed E-state index contributed by atoms with van der Waals surface area (Å²) in [7, 11) is 0. The zero-order chi connectivity index (χ0) is 14.8. The van der Waals surface area contributed by atoms with E-state index in [1.165, 1.54) is 0 Å². The molecule has 4 heteroatoms. The molecule has 2 aromatic rings. The fraction of sp³-hybridized carbons (Fsp3) is 0.294. The van der Waals surface area contributed by atoms with E-state index in [2.05, 4.69) is 11.1 Å². The van der Waals surface area contributed by atoms with Crippen LogP contribution in [0.25, 0.3) is 0 Å². The average Bonchev–Trinajstić information content (AvgIpc) is 2.99. The van der Waals surface area contributed by atoms with E-state index >= 15 is 0 Å². The van der Waals surface area contributed by atoms with E-state index in [-0.39, 0.29) is 11.9 Å². The van der Waals surface area contributed by atoms with Gasteiger partial charge >= 0.3 is 0 Å². The van der Waals surface area contributed by atoms with E-state index in [0.717, 1.165) is 40.7 Å². The number of aromatic amines is 1. The molecular formula is C17H18N2OS. The van der Waals surface area contributed by atoms with E-state index < -0.39 is 0 Å². The molecule has 0 saturated carbocycles. The number of hydrogen-bond acceptors (Lipinski definition) is 2. The molecule has 1 saturated heterocycles. The Morgan fingerprint density at radius 3 is 2.81 bits per heavy atom. The molecule has 21 heavy (non-hydrogen) atoms. The summed E-state index contributed by atoms with van der Waals surface area (Å²) in [4.78, 5) is 17.8. The minimum absolute atomic E-state index is 0.109. The number of H-pyrrole nitrogens is 1. The fourth-order valence-corrected chi connectivity index (χ4v) is 3.03. The highest BCUT2D eigenvalue weighted by molar-refractivity contribution is 7.71. The number of nitrogens with one attached hydrogen (secondary N) is 1. The summed E-state index contributed by atoms with van der Waals surface area (Å²) in [5, 5.41) is 0. The van der Waals surface area contributed by atoms with Gasteiger partial charge in [0.15, 0.2) is 0 Å². The molecule has 2 heterocycles. The van der Waals surface area contributed by atoms with Crippen LogP contribution in [0.15, 0.2) is 42.6 Å². The molecule has 1 aliphatic rings. The normalized spacial score (nSPS) is 18.0. The lowest BCUT2D eigenvalue weighted by molar-refractivity contribution is 0.0735. The molecule has 1 fully saturated rings. The molecule has 1 aliphatic heterocycles. The van der Waals surface area contributed by atoms with E-state index in [0.29, 0.717) is 0 Å². The SMILES string of the molecule is Cc1cc([C@@H]2CCCN2C(=O)c2ccccc2)c[nH]c1=S. The summed E-state index contributed by atoms with van der Waals surface area (Å²) in [6.07, 6.45) is 3.98. The zero-order valence-corrected chi connectivity index (χ0v) is 12.8. The predicted octanol–water partition coefficient (Wildman–Crippen LogP) is 4.03. The Morgan fingerprint density at radius 1 is 1.33 bits per heavy atom. The van der Waals surface area contributed by atoms with Crippen LogP contribution < -0.4 is 0 Å².